The van der Waals surface area contributed by atoms with Crippen LogP contribution in [-0.2, 0) is 4.79 Å². The van der Waals surface area contributed by atoms with Crippen LogP contribution in [0.4, 0.5) is 0 Å². The first kappa shape index (κ1) is 16.2. The molecule has 4 nitrogen and oxygen atoms in total. The van der Waals surface area contributed by atoms with Crippen LogP contribution in [0, 0.1) is 0 Å². The Morgan fingerprint density at radius 2 is 1.91 bits per heavy atom. The molecule has 1 aliphatic carbocycles. The molecule has 0 unspecified atom stereocenters. The molecule has 3 atom stereocenters. The van der Waals surface area contributed by atoms with E-state index >= 15 is 0 Å². The van der Waals surface area contributed by atoms with Crippen LogP contribution >= 0.6 is 0 Å². The van der Waals surface area contributed by atoms with E-state index in [1.165, 1.54) is 12.8 Å². The van der Waals surface area contributed by atoms with E-state index in [-0.39, 0.29) is 18.0 Å². The summed E-state index contributed by atoms with van der Waals surface area (Å²) in [5.41, 5.74) is 1.01. The molecule has 23 heavy (non-hydrogen) atoms. The number of benzene rings is 1. The number of carbonyl (C=O) groups is 1. The van der Waals surface area contributed by atoms with Gasteiger partial charge in [0.2, 0.25) is 5.91 Å². The Labute approximate surface area is 138 Å². The largest absolute Gasteiger partial charge is 0.389 e. The zero-order valence-corrected chi connectivity index (χ0v) is 13.8. The molecular weight excluding hydrogens is 288 g/mol. The molecule has 3 rings (SSSR count). The van der Waals surface area contributed by atoms with Crippen molar-refractivity contribution in [1.29, 1.82) is 0 Å². The predicted octanol–water partition coefficient (Wildman–Crippen LogP) is 2.15. The van der Waals surface area contributed by atoms with Crippen LogP contribution in [0.25, 0.3) is 6.08 Å². The molecule has 1 amide bonds. The van der Waals surface area contributed by atoms with Gasteiger partial charge in [0.05, 0.1) is 12.1 Å². The monoisotopic (exact) mass is 314 g/mol. The van der Waals surface area contributed by atoms with E-state index in [0.29, 0.717) is 0 Å². The van der Waals surface area contributed by atoms with Crippen molar-refractivity contribution < 1.29 is 9.90 Å². The standard InChI is InChI=1S/C19H26N2O2/c1-20(18(22)12-9-15-7-3-2-4-8-15)16-10-11-17(19(16)23)21-13-5-6-14-21/h2-4,7-9,12,16-17,19,23H,5-6,10-11,13-14H2,1H3/t16-,17-,19-/m1/s1. The third kappa shape index (κ3) is 3.65. The van der Waals surface area contributed by atoms with Gasteiger partial charge in [0.25, 0.3) is 0 Å². The summed E-state index contributed by atoms with van der Waals surface area (Å²) in [6, 6.07) is 9.95. The minimum absolute atomic E-state index is 0.0417. The lowest BCUT2D eigenvalue weighted by molar-refractivity contribution is -0.128. The molecule has 0 bridgehead atoms. The van der Waals surface area contributed by atoms with Gasteiger partial charge in [-0.05, 0) is 50.4 Å². The van der Waals surface area contributed by atoms with Crippen molar-refractivity contribution in [3.05, 3.63) is 42.0 Å². The molecule has 2 aliphatic rings. The summed E-state index contributed by atoms with van der Waals surface area (Å²) in [5, 5.41) is 10.7. The van der Waals surface area contributed by atoms with Gasteiger partial charge in [-0.2, -0.15) is 0 Å². The van der Waals surface area contributed by atoms with Gasteiger partial charge in [-0.25, -0.2) is 0 Å². The second-order valence-electron chi connectivity index (χ2n) is 6.64. The highest BCUT2D eigenvalue weighted by molar-refractivity contribution is 5.91. The Bertz CT molecular complexity index is 552. The van der Waals surface area contributed by atoms with Crippen molar-refractivity contribution in [3.63, 3.8) is 0 Å². The minimum atomic E-state index is -0.438. The third-order valence-corrected chi connectivity index (χ3v) is 5.22. The van der Waals surface area contributed by atoms with Gasteiger partial charge in [-0.1, -0.05) is 30.3 Å². The molecule has 1 aromatic carbocycles. The average molecular weight is 314 g/mol. The molecule has 2 fully saturated rings. The van der Waals surface area contributed by atoms with Crippen molar-refractivity contribution >= 4 is 12.0 Å². The topological polar surface area (TPSA) is 43.8 Å². The summed E-state index contributed by atoms with van der Waals surface area (Å²) < 4.78 is 0. The zero-order chi connectivity index (χ0) is 16.2. The molecule has 1 N–H and O–H groups in total. The minimum Gasteiger partial charge on any atom is -0.389 e. The maximum Gasteiger partial charge on any atom is 0.246 e. The van der Waals surface area contributed by atoms with Gasteiger partial charge in [0.1, 0.15) is 0 Å². The number of nitrogens with zero attached hydrogens (tertiary/aromatic N) is 2. The van der Waals surface area contributed by atoms with Crippen LogP contribution in [0.15, 0.2) is 36.4 Å². The fourth-order valence-corrected chi connectivity index (χ4v) is 3.85. The molecule has 0 spiro atoms. The zero-order valence-electron chi connectivity index (χ0n) is 13.8. The highest BCUT2D eigenvalue weighted by atomic mass is 16.3. The van der Waals surface area contributed by atoms with Crippen molar-refractivity contribution in [2.75, 3.05) is 20.1 Å². The van der Waals surface area contributed by atoms with Crippen LogP contribution < -0.4 is 0 Å². The van der Waals surface area contributed by atoms with E-state index in [4.69, 9.17) is 0 Å². The maximum absolute atomic E-state index is 12.4. The normalized spacial score (nSPS) is 28.5. The lowest BCUT2D eigenvalue weighted by atomic mass is 10.1. The van der Waals surface area contributed by atoms with Crippen molar-refractivity contribution in [2.45, 2.75) is 43.9 Å². The van der Waals surface area contributed by atoms with Gasteiger partial charge in [0.15, 0.2) is 0 Å². The lowest BCUT2D eigenvalue weighted by Crippen LogP contribution is -2.48. The molecule has 1 heterocycles. The molecular formula is C19H26N2O2. The van der Waals surface area contributed by atoms with Crippen LogP contribution in [0.1, 0.15) is 31.2 Å². The number of aliphatic hydroxyl groups is 1. The Kier molecular flexibility index (Phi) is 5.13. The summed E-state index contributed by atoms with van der Waals surface area (Å²) in [6.45, 7) is 2.17. The van der Waals surface area contributed by atoms with Gasteiger partial charge in [0, 0.05) is 19.2 Å². The Morgan fingerprint density at radius 1 is 1.22 bits per heavy atom. The lowest BCUT2D eigenvalue weighted by Gasteiger charge is -2.31. The van der Waals surface area contributed by atoms with Crippen LogP contribution in [0.2, 0.25) is 0 Å². The number of amides is 1. The van der Waals surface area contributed by atoms with Gasteiger partial charge >= 0.3 is 0 Å². The van der Waals surface area contributed by atoms with E-state index in [1.54, 1.807) is 18.0 Å². The quantitative estimate of drug-likeness (QED) is 0.866. The predicted molar refractivity (Wildman–Crippen MR) is 91.9 cm³/mol. The van der Waals surface area contributed by atoms with Crippen LogP contribution in [0.5, 0.6) is 0 Å². The SMILES string of the molecule is CN(C(=O)C=Cc1ccccc1)[C@@H]1CC[C@@H](N2CCCC2)[C@@H]1O. The number of hydrogen-bond donors (Lipinski definition) is 1. The van der Waals surface area contributed by atoms with Crippen LogP contribution in [-0.4, -0.2) is 59.1 Å². The van der Waals surface area contributed by atoms with E-state index in [9.17, 15) is 9.90 Å². The maximum atomic E-state index is 12.4. The summed E-state index contributed by atoms with van der Waals surface area (Å²) in [7, 11) is 1.80. The number of likely N-dealkylation sites (tertiary alicyclic amines) is 1. The average Bonchev–Trinajstić information content (AvgIpc) is 3.22. The van der Waals surface area contributed by atoms with E-state index < -0.39 is 6.10 Å². The number of likely N-dealkylation sites (N-methyl/N-ethyl adjacent to an activating group) is 1. The molecule has 1 saturated heterocycles. The molecule has 1 aromatic rings. The second-order valence-corrected chi connectivity index (χ2v) is 6.64. The van der Waals surface area contributed by atoms with Crippen LogP contribution in [0.3, 0.4) is 0 Å². The first-order valence-electron chi connectivity index (χ1n) is 8.59. The summed E-state index contributed by atoms with van der Waals surface area (Å²) >= 11 is 0. The highest BCUT2D eigenvalue weighted by Crippen LogP contribution is 2.30. The molecule has 1 aliphatic heterocycles. The fraction of sp³-hybridized carbons (Fsp3) is 0.526. The molecule has 1 saturated carbocycles. The van der Waals surface area contributed by atoms with E-state index in [1.807, 2.05) is 36.4 Å². The fourth-order valence-electron chi connectivity index (χ4n) is 3.85. The molecule has 0 aromatic heterocycles. The number of aliphatic hydroxyl groups excluding tert-OH is 1. The molecule has 0 radical (unpaired) electrons. The highest BCUT2D eigenvalue weighted by Gasteiger charge is 2.41. The summed E-state index contributed by atoms with van der Waals surface area (Å²) in [5.74, 6) is -0.0417. The van der Waals surface area contributed by atoms with Gasteiger partial charge in [-0.15, -0.1) is 0 Å². The molecule has 4 heteroatoms. The van der Waals surface area contributed by atoms with E-state index in [2.05, 4.69) is 4.90 Å². The van der Waals surface area contributed by atoms with Crippen molar-refractivity contribution in [2.24, 2.45) is 0 Å². The third-order valence-electron chi connectivity index (χ3n) is 5.22. The Balaban J connectivity index is 1.60. The number of carbonyl (C=O) groups excluding carboxylic acids is 1. The smallest absolute Gasteiger partial charge is 0.246 e. The number of hydrogen-bond acceptors (Lipinski definition) is 3. The Morgan fingerprint density at radius 3 is 2.61 bits per heavy atom. The van der Waals surface area contributed by atoms with E-state index in [0.717, 1.165) is 31.5 Å². The first-order chi connectivity index (χ1) is 11.2. The van der Waals surface area contributed by atoms with Gasteiger partial charge < -0.3 is 10.0 Å². The van der Waals surface area contributed by atoms with Gasteiger partial charge in [-0.3, -0.25) is 9.69 Å². The molecule has 124 valence electrons. The summed E-state index contributed by atoms with van der Waals surface area (Å²) in [4.78, 5) is 16.5. The van der Waals surface area contributed by atoms with Crippen molar-refractivity contribution in [3.8, 4) is 0 Å². The number of rotatable bonds is 4. The Hall–Kier alpha value is -1.65. The summed E-state index contributed by atoms with van der Waals surface area (Å²) in [6.07, 6.45) is 7.30. The second kappa shape index (κ2) is 7.28. The first-order valence-corrected chi connectivity index (χ1v) is 8.59. The van der Waals surface area contributed by atoms with Crippen molar-refractivity contribution in [1.82, 2.24) is 9.80 Å².